The monoisotopic (exact) mass is 394 g/mol. The quantitative estimate of drug-likeness (QED) is 0.482. The third-order valence-electron chi connectivity index (χ3n) is 5.17. The van der Waals surface area contributed by atoms with Crippen LogP contribution in [0.5, 0.6) is 0 Å². The Bertz CT molecular complexity index is 870. The van der Waals surface area contributed by atoms with Crippen molar-refractivity contribution in [1.82, 2.24) is 9.78 Å². The Morgan fingerprint density at radius 1 is 0.840 bits per heavy atom. The van der Waals surface area contributed by atoms with E-state index in [0.717, 1.165) is 10.2 Å². The molecule has 4 rings (SSSR count). The fourth-order valence-corrected chi connectivity index (χ4v) is 4.41. The summed E-state index contributed by atoms with van der Waals surface area (Å²) >= 11 is 3.88. The van der Waals surface area contributed by atoms with Crippen molar-refractivity contribution in [1.29, 1.82) is 0 Å². The maximum absolute atomic E-state index is 5.06. The molecule has 2 aromatic carbocycles. The molecular formula is C22H23BrN2. The van der Waals surface area contributed by atoms with Gasteiger partial charge in [0.2, 0.25) is 0 Å². The zero-order chi connectivity index (χ0) is 17.4. The third-order valence-corrected chi connectivity index (χ3v) is 5.92. The summed E-state index contributed by atoms with van der Waals surface area (Å²) in [5.74, 6) is 0. The molecule has 0 bridgehead atoms. The molecule has 0 amide bonds. The first-order chi connectivity index (χ1) is 12.1. The van der Waals surface area contributed by atoms with Gasteiger partial charge in [0.05, 0.1) is 16.2 Å². The standard InChI is InChI=1S/C22H23BrN2/c1-15-7-11-17(12-8-15)21-20(23)22(18-13-9-16(2)10-14-18)25(24-21)19-5-3-4-6-19/h7-14,19H,3-6H2,1-2H3. The van der Waals surface area contributed by atoms with Gasteiger partial charge in [-0.05, 0) is 42.6 Å². The van der Waals surface area contributed by atoms with Crippen LogP contribution in [0.15, 0.2) is 53.0 Å². The lowest BCUT2D eigenvalue weighted by Crippen LogP contribution is -2.08. The van der Waals surface area contributed by atoms with Crippen molar-refractivity contribution in [2.24, 2.45) is 0 Å². The van der Waals surface area contributed by atoms with E-state index in [1.165, 1.54) is 53.6 Å². The molecule has 3 aromatic rings. The average Bonchev–Trinajstić information content (AvgIpc) is 3.25. The van der Waals surface area contributed by atoms with Gasteiger partial charge in [-0.1, -0.05) is 72.5 Å². The summed E-state index contributed by atoms with van der Waals surface area (Å²) in [6.07, 6.45) is 5.05. The molecule has 0 aliphatic heterocycles. The van der Waals surface area contributed by atoms with E-state index in [1.54, 1.807) is 0 Å². The van der Waals surface area contributed by atoms with Crippen molar-refractivity contribution in [3.63, 3.8) is 0 Å². The second kappa shape index (κ2) is 6.80. The lowest BCUT2D eigenvalue weighted by molar-refractivity contribution is 0.473. The van der Waals surface area contributed by atoms with Gasteiger partial charge in [0, 0.05) is 11.1 Å². The number of aryl methyl sites for hydroxylation is 2. The second-order valence-corrected chi connectivity index (χ2v) is 7.92. The number of halogens is 1. The molecule has 1 aliphatic carbocycles. The predicted octanol–water partition coefficient (Wildman–Crippen LogP) is 6.71. The third kappa shape index (κ3) is 3.18. The van der Waals surface area contributed by atoms with Gasteiger partial charge in [-0.2, -0.15) is 5.10 Å². The summed E-state index contributed by atoms with van der Waals surface area (Å²) < 4.78 is 3.38. The molecule has 0 spiro atoms. The first-order valence-corrected chi connectivity index (χ1v) is 9.85. The number of rotatable bonds is 3. The Morgan fingerprint density at radius 3 is 1.92 bits per heavy atom. The molecule has 128 valence electrons. The highest BCUT2D eigenvalue weighted by molar-refractivity contribution is 9.10. The van der Waals surface area contributed by atoms with Crippen LogP contribution in [0.1, 0.15) is 42.9 Å². The first-order valence-electron chi connectivity index (χ1n) is 9.05. The highest BCUT2D eigenvalue weighted by atomic mass is 79.9. The van der Waals surface area contributed by atoms with Gasteiger partial charge in [-0.3, -0.25) is 4.68 Å². The van der Waals surface area contributed by atoms with E-state index >= 15 is 0 Å². The maximum atomic E-state index is 5.06. The Hall–Kier alpha value is -1.87. The van der Waals surface area contributed by atoms with Crippen molar-refractivity contribution in [2.45, 2.75) is 45.6 Å². The van der Waals surface area contributed by atoms with E-state index in [4.69, 9.17) is 5.10 Å². The molecule has 0 radical (unpaired) electrons. The van der Waals surface area contributed by atoms with Crippen molar-refractivity contribution in [3.8, 4) is 22.5 Å². The molecule has 1 heterocycles. The molecule has 0 N–H and O–H groups in total. The van der Waals surface area contributed by atoms with Crippen LogP contribution in [0.3, 0.4) is 0 Å². The molecule has 1 aromatic heterocycles. The fourth-order valence-electron chi connectivity index (χ4n) is 3.69. The van der Waals surface area contributed by atoms with Crippen molar-refractivity contribution >= 4 is 15.9 Å². The molecule has 0 atom stereocenters. The van der Waals surface area contributed by atoms with Crippen LogP contribution >= 0.6 is 15.9 Å². The van der Waals surface area contributed by atoms with Crippen LogP contribution in [-0.2, 0) is 0 Å². The largest absolute Gasteiger partial charge is 0.260 e. The van der Waals surface area contributed by atoms with Crippen molar-refractivity contribution < 1.29 is 0 Å². The van der Waals surface area contributed by atoms with Crippen LogP contribution in [0.25, 0.3) is 22.5 Å². The summed E-state index contributed by atoms with van der Waals surface area (Å²) in [6, 6.07) is 17.9. The molecule has 1 fully saturated rings. The zero-order valence-corrected chi connectivity index (χ0v) is 16.4. The van der Waals surface area contributed by atoms with Crippen LogP contribution in [0.2, 0.25) is 0 Å². The average molecular weight is 395 g/mol. The zero-order valence-electron chi connectivity index (χ0n) is 14.8. The summed E-state index contributed by atoms with van der Waals surface area (Å²) in [4.78, 5) is 0. The van der Waals surface area contributed by atoms with Gasteiger partial charge in [-0.15, -0.1) is 0 Å². The van der Waals surface area contributed by atoms with Crippen LogP contribution in [0.4, 0.5) is 0 Å². The Kier molecular flexibility index (Phi) is 4.51. The van der Waals surface area contributed by atoms with Crippen LogP contribution < -0.4 is 0 Å². The fraction of sp³-hybridized carbons (Fsp3) is 0.318. The summed E-state index contributed by atoms with van der Waals surface area (Å²) in [5.41, 5.74) is 7.21. The number of nitrogens with zero attached hydrogens (tertiary/aromatic N) is 2. The van der Waals surface area contributed by atoms with E-state index < -0.39 is 0 Å². The molecule has 1 aliphatic rings. The topological polar surface area (TPSA) is 17.8 Å². The normalized spacial score (nSPS) is 15.0. The van der Waals surface area contributed by atoms with Crippen molar-refractivity contribution in [2.75, 3.05) is 0 Å². The minimum Gasteiger partial charge on any atom is -0.260 e. The minimum atomic E-state index is 0.506. The molecule has 25 heavy (non-hydrogen) atoms. The van der Waals surface area contributed by atoms with Crippen molar-refractivity contribution in [3.05, 3.63) is 64.1 Å². The molecule has 0 unspecified atom stereocenters. The van der Waals surface area contributed by atoms with Gasteiger partial charge in [0.15, 0.2) is 0 Å². The van der Waals surface area contributed by atoms with Gasteiger partial charge >= 0.3 is 0 Å². The molecule has 3 heteroatoms. The van der Waals surface area contributed by atoms with Gasteiger partial charge in [0.1, 0.15) is 5.69 Å². The summed E-state index contributed by atoms with van der Waals surface area (Å²) in [6.45, 7) is 4.25. The van der Waals surface area contributed by atoms with E-state index in [1.807, 2.05) is 0 Å². The van der Waals surface area contributed by atoms with E-state index in [9.17, 15) is 0 Å². The van der Waals surface area contributed by atoms with Crippen LogP contribution in [0, 0.1) is 13.8 Å². The molecule has 0 saturated heterocycles. The van der Waals surface area contributed by atoms with E-state index in [-0.39, 0.29) is 0 Å². The van der Waals surface area contributed by atoms with E-state index in [0.29, 0.717) is 6.04 Å². The van der Waals surface area contributed by atoms with Gasteiger partial charge in [0.25, 0.3) is 0 Å². The molecule has 2 nitrogen and oxygen atoms in total. The molecular weight excluding hydrogens is 372 g/mol. The Morgan fingerprint density at radius 2 is 1.36 bits per heavy atom. The van der Waals surface area contributed by atoms with E-state index in [2.05, 4.69) is 83.0 Å². The van der Waals surface area contributed by atoms with Crippen LogP contribution in [-0.4, -0.2) is 9.78 Å². The van der Waals surface area contributed by atoms with Gasteiger partial charge in [-0.25, -0.2) is 0 Å². The highest BCUT2D eigenvalue weighted by Crippen LogP contribution is 2.41. The minimum absolute atomic E-state index is 0.506. The Labute approximate surface area is 158 Å². The summed E-state index contributed by atoms with van der Waals surface area (Å²) in [7, 11) is 0. The SMILES string of the molecule is Cc1ccc(-c2nn(C3CCCC3)c(-c3ccc(C)cc3)c2Br)cc1. The predicted molar refractivity (Wildman–Crippen MR) is 108 cm³/mol. The highest BCUT2D eigenvalue weighted by Gasteiger charge is 2.25. The number of hydrogen-bond acceptors (Lipinski definition) is 1. The first kappa shape index (κ1) is 16.6. The number of aromatic nitrogens is 2. The lowest BCUT2D eigenvalue weighted by atomic mass is 10.1. The molecule has 1 saturated carbocycles. The summed E-state index contributed by atoms with van der Waals surface area (Å²) in [5, 5.41) is 5.06. The maximum Gasteiger partial charge on any atom is 0.107 e. The lowest BCUT2D eigenvalue weighted by Gasteiger charge is -2.14. The number of benzene rings is 2. The van der Waals surface area contributed by atoms with Gasteiger partial charge < -0.3 is 0 Å². The number of hydrogen-bond donors (Lipinski definition) is 0. The second-order valence-electron chi connectivity index (χ2n) is 7.13. The smallest absolute Gasteiger partial charge is 0.107 e. The Balaban J connectivity index is 1.88.